The lowest BCUT2D eigenvalue weighted by Crippen LogP contribution is -2.39. The Morgan fingerprint density at radius 2 is 1.62 bits per heavy atom. The summed E-state index contributed by atoms with van der Waals surface area (Å²) in [6.07, 6.45) is 4.08. The van der Waals surface area contributed by atoms with E-state index in [1.807, 2.05) is 0 Å². The van der Waals surface area contributed by atoms with Crippen LogP contribution in [0.4, 0.5) is 0 Å². The quantitative estimate of drug-likeness (QED) is 0.364. The first-order valence-electron chi connectivity index (χ1n) is 7.68. The van der Waals surface area contributed by atoms with Crippen LogP contribution in [0.25, 0.3) is 0 Å². The Morgan fingerprint density at radius 3 is 2.14 bits per heavy atom. The predicted molar refractivity (Wildman–Crippen MR) is 76.8 cm³/mol. The lowest BCUT2D eigenvalue weighted by atomic mass is 10.00. The minimum atomic E-state index is -1.43. The third-order valence-corrected chi connectivity index (χ3v) is 3.75. The maximum absolute atomic E-state index is 11.0. The van der Waals surface area contributed by atoms with E-state index in [0.29, 0.717) is 6.42 Å². The van der Waals surface area contributed by atoms with Gasteiger partial charge in [0.1, 0.15) is 6.10 Å². The highest BCUT2D eigenvalue weighted by molar-refractivity contribution is 5.89. The fraction of sp³-hybridized carbons (Fsp3) is 0.800. The molecular weight excluding hydrogens is 276 g/mol. The summed E-state index contributed by atoms with van der Waals surface area (Å²) in [5, 5.41) is 38.3. The fourth-order valence-corrected chi connectivity index (χ4v) is 2.38. The average Bonchev–Trinajstić information content (AvgIpc) is 2.73. The monoisotopic (exact) mass is 302 g/mol. The van der Waals surface area contributed by atoms with Gasteiger partial charge < -0.3 is 25.2 Å². The molecule has 0 radical (unpaired) electrons. The minimum absolute atomic E-state index is 0.358. The molecule has 0 fully saturated rings. The van der Waals surface area contributed by atoms with Gasteiger partial charge in [0.2, 0.25) is 5.76 Å². The van der Waals surface area contributed by atoms with Crippen LogP contribution in [0, 0.1) is 0 Å². The minimum Gasteiger partial charge on any atom is -0.505 e. The number of esters is 1. The highest BCUT2D eigenvalue weighted by atomic mass is 16.6. The molecule has 21 heavy (non-hydrogen) atoms. The largest absolute Gasteiger partial charge is 0.505 e. The zero-order valence-electron chi connectivity index (χ0n) is 12.5. The molecule has 0 spiro atoms. The summed E-state index contributed by atoms with van der Waals surface area (Å²) in [4.78, 5) is 11.0. The average molecular weight is 302 g/mol. The molecule has 1 aliphatic rings. The molecule has 1 rings (SSSR count). The van der Waals surface area contributed by atoms with E-state index in [-0.39, 0.29) is 0 Å². The molecule has 0 saturated heterocycles. The first-order chi connectivity index (χ1) is 9.99. The normalized spacial score (nSPS) is 21.5. The Kier molecular flexibility index (Phi) is 7.53. The van der Waals surface area contributed by atoms with Gasteiger partial charge in [-0.1, -0.05) is 51.9 Å². The van der Waals surface area contributed by atoms with Crippen molar-refractivity contribution in [2.45, 2.75) is 76.6 Å². The van der Waals surface area contributed by atoms with Crippen LogP contribution in [0.1, 0.15) is 58.3 Å². The molecule has 122 valence electrons. The summed E-state index contributed by atoms with van der Waals surface area (Å²) >= 11 is 0. The molecular formula is C15H26O6. The van der Waals surface area contributed by atoms with Crippen molar-refractivity contribution in [3.63, 3.8) is 0 Å². The summed E-state index contributed by atoms with van der Waals surface area (Å²) in [5.74, 6) is -2.70. The highest BCUT2D eigenvalue weighted by Crippen LogP contribution is 2.24. The van der Waals surface area contributed by atoms with Crippen LogP contribution in [0.5, 0.6) is 0 Å². The van der Waals surface area contributed by atoms with Gasteiger partial charge in [-0.2, -0.15) is 0 Å². The van der Waals surface area contributed by atoms with E-state index >= 15 is 0 Å². The number of aliphatic hydroxyl groups is 4. The van der Waals surface area contributed by atoms with Crippen molar-refractivity contribution in [1.82, 2.24) is 0 Å². The van der Waals surface area contributed by atoms with Gasteiger partial charge in [0.25, 0.3) is 0 Å². The van der Waals surface area contributed by atoms with E-state index in [1.54, 1.807) is 0 Å². The number of rotatable bonds is 10. The van der Waals surface area contributed by atoms with Crippen molar-refractivity contribution in [2.24, 2.45) is 0 Å². The zero-order valence-corrected chi connectivity index (χ0v) is 12.5. The van der Waals surface area contributed by atoms with E-state index in [4.69, 9.17) is 5.11 Å². The smallest absolute Gasteiger partial charge is 0.377 e. The van der Waals surface area contributed by atoms with Gasteiger partial charge in [0.15, 0.2) is 11.9 Å². The molecule has 4 N–H and O–H groups in total. The first kappa shape index (κ1) is 17.8. The maximum atomic E-state index is 11.0. The molecule has 1 heterocycles. The number of carbonyl (C=O) groups excluding carboxylic acids is 1. The Morgan fingerprint density at radius 1 is 1.05 bits per heavy atom. The number of unbranched alkanes of at least 4 members (excludes halogenated alkanes) is 6. The van der Waals surface area contributed by atoms with Gasteiger partial charge in [-0.3, -0.25) is 0 Å². The lowest BCUT2D eigenvalue weighted by molar-refractivity contribution is -0.150. The van der Waals surface area contributed by atoms with Crippen molar-refractivity contribution in [2.75, 3.05) is 0 Å². The van der Waals surface area contributed by atoms with Gasteiger partial charge in [-0.05, 0) is 6.42 Å². The first-order valence-corrected chi connectivity index (χ1v) is 7.68. The number of hydrogen-bond acceptors (Lipinski definition) is 6. The molecule has 0 aliphatic carbocycles. The van der Waals surface area contributed by atoms with Crippen molar-refractivity contribution < 1.29 is 30.0 Å². The van der Waals surface area contributed by atoms with Crippen LogP contribution in [-0.4, -0.2) is 44.7 Å². The summed E-state index contributed by atoms with van der Waals surface area (Å²) in [5.41, 5.74) is 0. The second kappa shape index (κ2) is 8.89. The van der Waals surface area contributed by atoms with Gasteiger partial charge in [-0.15, -0.1) is 0 Å². The molecule has 0 amide bonds. The molecule has 3 atom stereocenters. The number of carbonyl (C=O) groups is 1. The second-order valence-corrected chi connectivity index (χ2v) is 5.53. The molecule has 1 unspecified atom stereocenters. The van der Waals surface area contributed by atoms with E-state index in [1.165, 1.54) is 25.7 Å². The van der Waals surface area contributed by atoms with Crippen LogP contribution in [0.3, 0.4) is 0 Å². The molecule has 0 saturated carbocycles. The summed E-state index contributed by atoms with van der Waals surface area (Å²) in [6, 6.07) is 0. The summed E-state index contributed by atoms with van der Waals surface area (Å²) in [7, 11) is 0. The Labute approximate surface area is 125 Å². The SMILES string of the molecule is CCCCCCCCCC(O)[C@H](O)[C@H]1OC(=O)C(O)=C1O. The zero-order chi connectivity index (χ0) is 15.8. The highest BCUT2D eigenvalue weighted by Gasteiger charge is 2.41. The van der Waals surface area contributed by atoms with E-state index in [2.05, 4.69) is 11.7 Å². The van der Waals surface area contributed by atoms with Crippen LogP contribution in [0.15, 0.2) is 11.5 Å². The van der Waals surface area contributed by atoms with Crippen LogP contribution < -0.4 is 0 Å². The van der Waals surface area contributed by atoms with E-state index < -0.39 is 35.8 Å². The van der Waals surface area contributed by atoms with Crippen LogP contribution in [-0.2, 0) is 9.53 Å². The number of aliphatic hydroxyl groups excluding tert-OH is 4. The molecule has 0 aromatic heterocycles. The van der Waals surface area contributed by atoms with Crippen LogP contribution >= 0.6 is 0 Å². The third-order valence-electron chi connectivity index (χ3n) is 3.75. The predicted octanol–water partition coefficient (Wildman–Crippen LogP) is 2.10. The molecule has 6 nitrogen and oxygen atoms in total. The Hall–Kier alpha value is -1.27. The van der Waals surface area contributed by atoms with Crippen LogP contribution in [0.2, 0.25) is 0 Å². The van der Waals surface area contributed by atoms with Gasteiger partial charge in [-0.25, -0.2) is 4.79 Å². The number of hydrogen-bond donors (Lipinski definition) is 4. The summed E-state index contributed by atoms with van der Waals surface area (Å²) in [6.45, 7) is 2.16. The topological polar surface area (TPSA) is 107 Å². The number of cyclic esters (lactones) is 1. The van der Waals surface area contributed by atoms with Crippen molar-refractivity contribution in [1.29, 1.82) is 0 Å². The lowest BCUT2D eigenvalue weighted by Gasteiger charge is -2.22. The second-order valence-electron chi connectivity index (χ2n) is 5.53. The number of ether oxygens (including phenoxy) is 1. The van der Waals surface area contributed by atoms with Crippen molar-refractivity contribution in [3.05, 3.63) is 11.5 Å². The molecule has 0 aromatic carbocycles. The Bertz CT molecular complexity index is 365. The van der Waals surface area contributed by atoms with E-state index in [9.17, 15) is 20.1 Å². The molecule has 0 aromatic rings. The molecule has 6 heteroatoms. The van der Waals surface area contributed by atoms with Gasteiger partial charge in [0, 0.05) is 0 Å². The molecule has 0 bridgehead atoms. The van der Waals surface area contributed by atoms with E-state index in [0.717, 1.165) is 19.3 Å². The fourth-order valence-electron chi connectivity index (χ4n) is 2.38. The van der Waals surface area contributed by atoms with Gasteiger partial charge in [0.05, 0.1) is 6.10 Å². The third kappa shape index (κ3) is 5.21. The van der Waals surface area contributed by atoms with Crippen molar-refractivity contribution in [3.8, 4) is 0 Å². The maximum Gasteiger partial charge on any atom is 0.377 e. The Balaban J connectivity index is 2.23. The van der Waals surface area contributed by atoms with Crippen molar-refractivity contribution >= 4 is 5.97 Å². The standard InChI is InChI=1S/C15H26O6/c1-2-3-4-5-6-7-8-9-10(16)11(17)14-12(18)13(19)15(20)21-14/h10-11,14,16-19H,2-9H2,1H3/t10?,11-,14+/m0/s1. The van der Waals surface area contributed by atoms with Gasteiger partial charge >= 0.3 is 5.97 Å². The molecule has 1 aliphatic heterocycles. The summed E-state index contributed by atoms with van der Waals surface area (Å²) < 4.78 is 4.62.